The van der Waals surface area contributed by atoms with Gasteiger partial charge in [0.15, 0.2) is 35.0 Å². The Morgan fingerprint density at radius 1 is 1.18 bits per heavy atom. The van der Waals surface area contributed by atoms with Crippen molar-refractivity contribution in [3.8, 4) is 0 Å². The van der Waals surface area contributed by atoms with Crippen LogP contribution in [0.4, 0.5) is 11.8 Å². The molecule has 21 heteroatoms. The van der Waals surface area contributed by atoms with E-state index in [1.54, 1.807) is 13.4 Å². The zero-order chi connectivity index (χ0) is 31.9. The summed E-state index contributed by atoms with van der Waals surface area (Å²) in [5, 5.41) is 19.9. The van der Waals surface area contributed by atoms with Gasteiger partial charge >= 0.3 is 0 Å². The summed E-state index contributed by atoms with van der Waals surface area (Å²) < 4.78 is 27.8. The van der Waals surface area contributed by atoms with Gasteiger partial charge in [0.1, 0.15) is 34.9 Å². The Hall–Kier alpha value is -2.57. The number of anilines is 2. The monoisotopic (exact) mass is 684 g/mol. The van der Waals surface area contributed by atoms with Crippen LogP contribution in [-0.4, -0.2) is 98.6 Å². The first kappa shape index (κ1) is 32.4. The van der Waals surface area contributed by atoms with Crippen LogP contribution in [0.5, 0.6) is 0 Å². The van der Waals surface area contributed by atoms with Crippen molar-refractivity contribution in [3.63, 3.8) is 0 Å². The van der Waals surface area contributed by atoms with Gasteiger partial charge in [0.2, 0.25) is 5.95 Å². The largest absolute Gasteiger partial charge is 0.386 e. The summed E-state index contributed by atoms with van der Waals surface area (Å²) in [5.41, 5.74) is 11.1. The molecule has 0 amide bonds. The first-order valence-corrected chi connectivity index (χ1v) is 16.5. The third-order valence-electron chi connectivity index (χ3n) is 8.34. The van der Waals surface area contributed by atoms with Gasteiger partial charge in [-0.05, 0) is 19.0 Å². The van der Waals surface area contributed by atoms with E-state index >= 15 is 0 Å². The average molecular weight is 685 g/mol. The molecule has 7 N–H and O–H groups in total. The van der Waals surface area contributed by atoms with Crippen molar-refractivity contribution in [2.24, 2.45) is 5.92 Å². The summed E-state index contributed by atoms with van der Waals surface area (Å²) in [6.45, 7) is 2.34. The summed E-state index contributed by atoms with van der Waals surface area (Å²) in [6, 6.07) is 0. The van der Waals surface area contributed by atoms with E-state index in [4.69, 9.17) is 30.0 Å². The molecule has 45 heavy (non-hydrogen) atoms. The van der Waals surface area contributed by atoms with Gasteiger partial charge in [0.05, 0.1) is 24.9 Å². The lowest BCUT2D eigenvalue weighted by atomic mass is 9.82. The van der Waals surface area contributed by atoms with Gasteiger partial charge in [-0.25, -0.2) is 24.8 Å². The summed E-state index contributed by atoms with van der Waals surface area (Å²) in [6.07, 6.45) is 3.08. The smallest absolute Gasteiger partial charge is 0.280 e. The van der Waals surface area contributed by atoms with E-state index in [-0.39, 0.29) is 43.8 Å². The predicted octanol–water partition coefficient (Wildman–Crippen LogP) is 1.03. The quantitative estimate of drug-likeness (QED) is 0.0605. The molecule has 3 unspecified atom stereocenters. The number of nitrogens with two attached hydrogens (primary N) is 2. The van der Waals surface area contributed by atoms with E-state index in [0.717, 1.165) is 0 Å². The van der Waals surface area contributed by atoms with Crippen LogP contribution in [0.3, 0.4) is 0 Å². The number of hydrogen-bond acceptors (Lipinski definition) is 16. The number of nitrogens with zero attached hydrogens (tertiary/aromatic N) is 7. The second kappa shape index (κ2) is 13.3. The molecule has 2 saturated heterocycles. The molecular formula is C24H34N10O8P2S. The Labute approximate surface area is 264 Å². The van der Waals surface area contributed by atoms with Crippen LogP contribution in [-0.2, 0) is 23.4 Å². The molecule has 2 fully saturated rings. The predicted molar refractivity (Wildman–Crippen MR) is 168 cm³/mol. The number of aliphatic hydroxyl groups is 1. The third kappa shape index (κ3) is 5.69. The molecule has 244 valence electrons. The van der Waals surface area contributed by atoms with E-state index in [9.17, 15) is 15.2 Å². The lowest BCUT2D eigenvalue weighted by Crippen LogP contribution is -2.42. The van der Waals surface area contributed by atoms with E-state index in [0.29, 0.717) is 36.8 Å². The summed E-state index contributed by atoms with van der Waals surface area (Å²) >= 11 is 1.21. The molecule has 0 aliphatic carbocycles. The Morgan fingerprint density at radius 3 is 2.69 bits per heavy atom. The highest BCUT2D eigenvalue weighted by Gasteiger charge is 2.55. The highest BCUT2D eigenvalue weighted by Crippen LogP contribution is 2.50. The molecule has 4 aromatic rings. The van der Waals surface area contributed by atoms with Gasteiger partial charge < -0.3 is 35.1 Å². The van der Waals surface area contributed by atoms with Gasteiger partial charge in [-0.2, -0.15) is 4.98 Å². The Bertz CT molecular complexity index is 1710. The van der Waals surface area contributed by atoms with Crippen LogP contribution in [0.15, 0.2) is 23.8 Å². The summed E-state index contributed by atoms with van der Waals surface area (Å²) in [5.74, 6) is 0.0732. The fourth-order valence-electron chi connectivity index (χ4n) is 6.14. The number of H-pyrrole nitrogens is 1. The number of nitrogen functional groups attached to an aromatic ring is 2. The third-order valence-corrected chi connectivity index (χ3v) is 11.0. The molecule has 6 rings (SSSR count). The van der Waals surface area contributed by atoms with E-state index < -0.39 is 40.4 Å². The van der Waals surface area contributed by atoms with E-state index in [1.165, 1.54) is 29.0 Å². The van der Waals surface area contributed by atoms with E-state index in [2.05, 4.69) is 44.3 Å². The van der Waals surface area contributed by atoms with Crippen LogP contribution >= 0.6 is 30.0 Å². The van der Waals surface area contributed by atoms with Crippen molar-refractivity contribution in [1.29, 1.82) is 0 Å². The highest BCUT2D eigenvalue weighted by molar-refractivity contribution is 8.00. The number of ether oxygens (including phenoxy) is 2. The number of nitrogens with one attached hydrogen (secondary N) is 1. The van der Waals surface area contributed by atoms with Gasteiger partial charge in [-0.15, -0.1) is 0 Å². The van der Waals surface area contributed by atoms with E-state index in [1.807, 2.05) is 11.5 Å². The maximum atomic E-state index is 12.2. The zero-order valence-corrected chi connectivity index (χ0v) is 27.2. The fraction of sp³-hybridized carbons (Fsp3) is 0.583. The Kier molecular flexibility index (Phi) is 9.55. The minimum atomic E-state index is -1.19. The number of fused-ring (bicyclic) bond motifs is 2. The van der Waals surface area contributed by atoms with Gasteiger partial charge in [-0.3, -0.25) is 24.2 Å². The Morgan fingerprint density at radius 2 is 1.96 bits per heavy atom. The topological polar surface area (TPSA) is 246 Å². The molecule has 4 aromatic heterocycles. The average Bonchev–Trinajstić information content (AvgIpc) is 3.78. The maximum absolute atomic E-state index is 12.2. The number of thioether (sulfide) groups is 1. The van der Waals surface area contributed by atoms with Crippen LogP contribution in [0.1, 0.15) is 31.4 Å². The van der Waals surface area contributed by atoms with Crippen molar-refractivity contribution in [2.45, 2.75) is 60.7 Å². The second-order valence-corrected chi connectivity index (χ2v) is 13.2. The van der Waals surface area contributed by atoms with Gasteiger partial charge in [-0.1, -0.05) is 18.7 Å². The minimum Gasteiger partial charge on any atom is -0.386 e. The standard InChI is InChI=1S/C24H34N10O8P2S/c1-3-24(6-39-43)10(14(38-2)20(40-24)33-8-29-11-16(25)27-7-28-17(11)33)4-5-44-42-22-13(35)15(41-37)21(45-22)34-9-30-12-18(34)31-23(26)32-19(12)36/h7-10,13-15,20-22,35,37,44H,3-6,43H2,1-2H3,(H2,25,27,28)(H3,26,31,32,36)/t10-,13-,14+,15+,20+,21+,22?,24+/m0/s1. The van der Waals surface area contributed by atoms with Crippen molar-refractivity contribution in [2.75, 3.05) is 31.3 Å². The van der Waals surface area contributed by atoms with Crippen molar-refractivity contribution in [1.82, 2.24) is 39.0 Å². The highest BCUT2D eigenvalue weighted by atomic mass is 32.2. The fourth-order valence-corrected chi connectivity index (χ4v) is 8.94. The number of aromatic amines is 1. The molecule has 2 aliphatic heterocycles. The molecule has 0 aromatic carbocycles. The van der Waals surface area contributed by atoms with Crippen LogP contribution < -0.4 is 17.0 Å². The number of hydrogen-bond donors (Lipinski definition) is 5. The van der Waals surface area contributed by atoms with Crippen LogP contribution in [0, 0.1) is 5.92 Å². The number of rotatable bonds is 12. The number of aliphatic hydroxyl groups excluding tert-OH is 1. The molecular weight excluding hydrogens is 650 g/mol. The molecule has 2 aliphatic rings. The Balaban J connectivity index is 1.16. The first-order chi connectivity index (χ1) is 21.8. The second-order valence-electron chi connectivity index (χ2n) is 10.7. The molecule has 0 bridgehead atoms. The van der Waals surface area contributed by atoms with Crippen molar-refractivity contribution >= 4 is 64.1 Å². The summed E-state index contributed by atoms with van der Waals surface area (Å²) in [4.78, 5) is 40.4. The zero-order valence-electron chi connectivity index (χ0n) is 24.2. The normalized spacial score (nSPS) is 30.5. The number of aromatic nitrogens is 8. The SMILES string of the molecule is CC[C@]1(COP)O[C@@H](n2cnc3c(N)ncnc32)[C@H](OC)[C@@H]1CCPOC1S[C@@H](n2cnc3c(=O)[nH]c(N)nc32)[C@H](OO)[C@@H]1O. The molecule has 0 saturated carbocycles. The lowest BCUT2D eigenvalue weighted by Gasteiger charge is -2.33. The molecule has 10 atom stereocenters. The maximum Gasteiger partial charge on any atom is 0.280 e. The number of imidazole rings is 2. The molecule has 0 radical (unpaired) electrons. The lowest BCUT2D eigenvalue weighted by molar-refractivity contribution is -0.299. The van der Waals surface area contributed by atoms with Gasteiger partial charge in [0, 0.05) is 31.3 Å². The van der Waals surface area contributed by atoms with Crippen LogP contribution in [0.25, 0.3) is 22.3 Å². The molecule has 18 nitrogen and oxygen atoms in total. The van der Waals surface area contributed by atoms with Gasteiger partial charge in [0.25, 0.3) is 5.56 Å². The molecule has 0 spiro atoms. The first-order valence-electron chi connectivity index (χ1n) is 14.0. The molecule has 6 heterocycles. The summed E-state index contributed by atoms with van der Waals surface area (Å²) in [7, 11) is 3.90. The number of methoxy groups -OCH3 is 1. The van der Waals surface area contributed by atoms with Crippen LogP contribution in [0.2, 0.25) is 0 Å². The van der Waals surface area contributed by atoms with Crippen molar-refractivity contribution < 1.29 is 33.8 Å². The van der Waals surface area contributed by atoms with Crippen molar-refractivity contribution in [3.05, 3.63) is 29.3 Å². The minimum absolute atomic E-state index is 0.0267.